The molecule has 1 atom stereocenters. The van der Waals surface area contributed by atoms with Crippen LogP contribution >= 0.6 is 15.9 Å². The van der Waals surface area contributed by atoms with Gasteiger partial charge < -0.3 is 33.3 Å². The van der Waals surface area contributed by atoms with Gasteiger partial charge in [-0.3, -0.25) is 0 Å². The third-order valence-corrected chi connectivity index (χ3v) is 11.7. The first kappa shape index (κ1) is 39.2. The Morgan fingerprint density at radius 3 is 2.27 bits per heavy atom. The molecule has 1 amide bonds. The number of carbonyl (C=O) groups excluding carboxylic acids is 1. The Morgan fingerprint density at radius 2 is 1.68 bits per heavy atom. The molecule has 15 nitrogen and oxygen atoms in total. The Bertz CT molecular complexity index is 2320. The van der Waals surface area contributed by atoms with Crippen molar-refractivity contribution in [2.45, 2.75) is 82.1 Å². The van der Waals surface area contributed by atoms with Crippen LogP contribution in [0.2, 0.25) is 0 Å². The summed E-state index contributed by atoms with van der Waals surface area (Å²) in [5, 5.41) is 21.1. The summed E-state index contributed by atoms with van der Waals surface area (Å²) >= 11 is 3.39. The van der Waals surface area contributed by atoms with Gasteiger partial charge in [0, 0.05) is 34.8 Å². The van der Waals surface area contributed by atoms with Gasteiger partial charge in [0.25, 0.3) is 10.0 Å². The maximum atomic E-state index is 14.9. The molecule has 2 aromatic heterocycles. The number of carbonyl (C=O) groups is 1. The number of phenolic OH excluding ortho intramolecular Hbond substituents is 1. The molecule has 1 saturated heterocycles. The van der Waals surface area contributed by atoms with E-state index in [4.69, 9.17) is 33.3 Å². The zero-order valence-corrected chi connectivity index (χ0v) is 34.3. The predicted octanol–water partition coefficient (Wildman–Crippen LogP) is 8.56. The lowest BCUT2D eigenvalue weighted by molar-refractivity contribution is -0.0410. The van der Waals surface area contributed by atoms with E-state index in [2.05, 4.69) is 21.1 Å². The molecule has 3 aromatic carbocycles. The fraction of sp³-hybridized carbons (Fsp3) is 0.410. The lowest BCUT2D eigenvalue weighted by Crippen LogP contribution is -2.34. The first-order valence-electron chi connectivity index (χ1n) is 18.2. The number of benzene rings is 3. The molecule has 0 bridgehead atoms. The second-order valence-electron chi connectivity index (χ2n) is 14.6. The van der Waals surface area contributed by atoms with Gasteiger partial charge in [0.2, 0.25) is 0 Å². The van der Waals surface area contributed by atoms with Crippen molar-refractivity contribution in [3.05, 3.63) is 70.3 Å². The van der Waals surface area contributed by atoms with E-state index < -0.39 is 21.7 Å². The van der Waals surface area contributed by atoms with Crippen molar-refractivity contribution in [3.8, 4) is 23.0 Å². The number of rotatable bonds is 12. The van der Waals surface area contributed by atoms with E-state index in [1.54, 1.807) is 45.0 Å². The van der Waals surface area contributed by atoms with Gasteiger partial charge in [0.1, 0.15) is 28.6 Å². The molecule has 1 unspecified atom stereocenters. The molecule has 1 aliphatic heterocycles. The zero-order valence-electron chi connectivity index (χ0n) is 31.9. The minimum atomic E-state index is -4.54. The lowest BCUT2D eigenvalue weighted by atomic mass is 10.1. The summed E-state index contributed by atoms with van der Waals surface area (Å²) in [6.07, 6.45) is 3.61. The van der Waals surface area contributed by atoms with E-state index in [1.807, 2.05) is 10.7 Å². The normalized spacial score (nSPS) is 16.1. The highest BCUT2D eigenvalue weighted by atomic mass is 79.9. The highest BCUT2D eigenvalue weighted by Gasteiger charge is 2.38. The third kappa shape index (κ3) is 7.84. The standard InChI is InChI=1S/C39H44BrN5O10S/c1-39(2,3)54-38(47)44(34-21-28(24-12-13-24)45(41-34)35-9-7-8-16-53-35)29-20-31-27(19-30(29)46)37(42-55-31)43(22-23-10-14-26(50-4)15-11-23)56(48,49)36-32(51-5)17-25(40)18-33(36)52-6/h10-11,14-15,17-21,24,35,46H,7-9,12-13,16,22H2,1-6H3. The van der Waals surface area contributed by atoms with Gasteiger partial charge in [-0.2, -0.15) is 5.10 Å². The van der Waals surface area contributed by atoms with Crippen molar-refractivity contribution in [1.29, 1.82) is 0 Å². The van der Waals surface area contributed by atoms with Crippen molar-refractivity contribution in [2.75, 3.05) is 37.1 Å². The zero-order chi connectivity index (χ0) is 39.9. The number of ether oxygens (including phenoxy) is 5. The minimum absolute atomic E-state index is 0.00757. The summed E-state index contributed by atoms with van der Waals surface area (Å²) in [4.78, 5) is 15.0. The molecule has 0 radical (unpaired) electrons. The summed E-state index contributed by atoms with van der Waals surface area (Å²) in [5.74, 6) is 0.586. The lowest BCUT2D eigenvalue weighted by Gasteiger charge is -2.27. The summed E-state index contributed by atoms with van der Waals surface area (Å²) < 4.78 is 67.3. The summed E-state index contributed by atoms with van der Waals surface area (Å²) in [5.41, 5.74) is 0.687. The molecule has 1 saturated carbocycles. The maximum Gasteiger partial charge on any atom is 0.420 e. The van der Waals surface area contributed by atoms with E-state index in [1.165, 1.54) is 50.5 Å². The van der Waals surface area contributed by atoms with Gasteiger partial charge in [0.15, 0.2) is 28.3 Å². The van der Waals surface area contributed by atoms with Crippen molar-refractivity contribution in [2.24, 2.45) is 0 Å². The van der Waals surface area contributed by atoms with Crippen LogP contribution in [0.15, 0.2) is 68.5 Å². The number of phenols is 1. The van der Waals surface area contributed by atoms with Gasteiger partial charge in [-0.1, -0.05) is 33.2 Å². The Hall–Kier alpha value is -5.00. The fourth-order valence-corrected chi connectivity index (χ4v) is 8.76. The molecular weight excluding hydrogens is 810 g/mol. The van der Waals surface area contributed by atoms with Gasteiger partial charge in [-0.05, 0) is 88.8 Å². The Labute approximate surface area is 333 Å². The number of aromatic hydroxyl groups is 1. The van der Waals surface area contributed by atoms with Crippen LogP contribution in [0.5, 0.6) is 23.0 Å². The number of fused-ring (bicyclic) bond motifs is 1. The van der Waals surface area contributed by atoms with Crippen molar-refractivity contribution in [1.82, 2.24) is 14.9 Å². The monoisotopic (exact) mass is 853 g/mol. The predicted molar refractivity (Wildman–Crippen MR) is 211 cm³/mol. The van der Waals surface area contributed by atoms with Gasteiger partial charge in [-0.15, -0.1) is 0 Å². The fourth-order valence-electron chi connectivity index (χ4n) is 6.65. The van der Waals surface area contributed by atoms with Crippen molar-refractivity contribution in [3.63, 3.8) is 0 Å². The number of nitrogens with zero attached hydrogens (tertiary/aromatic N) is 5. The summed E-state index contributed by atoms with van der Waals surface area (Å²) in [6, 6.07) is 14.5. The number of amides is 1. The molecule has 0 spiro atoms. The second-order valence-corrected chi connectivity index (χ2v) is 17.3. The van der Waals surface area contributed by atoms with Crippen LogP contribution in [0.1, 0.15) is 76.3 Å². The molecule has 7 rings (SSSR count). The second kappa shape index (κ2) is 15.5. The SMILES string of the molecule is COc1ccc(CN(c2noc3cc(N(C(=O)OC(C)(C)C)c4cc(C5CC5)n(C5CCCCO5)n4)c(O)cc23)S(=O)(=O)c2c(OC)cc(Br)cc2OC)cc1. The molecule has 2 aliphatic rings. The van der Waals surface area contributed by atoms with E-state index >= 15 is 0 Å². The van der Waals surface area contributed by atoms with Crippen LogP contribution in [0.25, 0.3) is 11.0 Å². The largest absolute Gasteiger partial charge is 0.506 e. The molecule has 2 fully saturated rings. The van der Waals surface area contributed by atoms with Crippen LogP contribution < -0.4 is 23.4 Å². The van der Waals surface area contributed by atoms with E-state index in [-0.39, 0.29) is 69.1 Å². The van der Waals surface area contributed by atoms with Crippen LogP contribution in [0, 0.1) is 0 Å². The molecule has 1 aliphatic carbocycles. The van der Waals surface area contributed by atoms with Gasteiger partial charge in [0.05, 0.1) is 38.9 Å². The molecule has 56 heavy (non-hydrogen) atoms. The molecule has 5 aromatic rings. The number of hydrogen-bond acceptors (Lipinski definition) is 12. The van der Waals surface area contributed by atoms with Crippen LogP contribution in [0.4, 0.5) is 22.1 Å². The Morgan fingerprint density at radius 1 is 0.982 bits per heavy atom. The number of hydrogen-bond donors (Lipinski definition) is 1. The molecule has 298 valence electrons. The first-order valence-corrected chi connectivity index (χ1v) is 20.4. The maximum absolute atomic E-state index is 14.9. The molecular formula is C39H44BrN5O10S. The average Bonchev–Trinajstić information content (AvgIpc) is 3.80. The Kier molecular flexibility index (Phi) is 10.9. The quantitative estimate of drug-likeness (QED) is 0.127. The smallest absolute Gasteiger partial charge is 0.420 e. The summed E-state index contributed by atoms with van der Waals surface area (Å²) in [6.45, 7) is 5.62. The van der Waals surface area contributed by atoms with Crippen molar-refractivity contribution >= 4 is 60.3 Å². The molecule has 1 N–H and O–H groups in total. The minimum Gasteiger partial charge on any atom is -0.506 e. The number of aromatic nitrogens is 3. The number of methoxy groups -OCH3 is 3. The van der Waals surface area contributed by atoms with Crippen LogP contribution in [-0.4, -0.2) is 68.1 Å². The number of anilines is 3. The van der Waals surface area contributed by atoms with E-state index in [0.717, 1.165) is 42.1 Å². The molecule has 3 heterocycles. The first-order chi connectivity index (χ1) is 26.7. The highest BCUT2D eigenvalue weighted by Crippen LogP contribution is 2.47. The van der Waals surface area contributed by atoms with E-state index in [0.29, 0.717) is 22.4 Å². The third-order valence-electron chi connectivity index (χ3n) is 9.46. The van der Waals surface area contributed by atoms with Gasteiger partial charge >= 0.3 is 6.09 Å². The number of halogens is 1. The number of sulfonamides is 1. The van der Waals surface area contributed by atoms with Crippen LogP contribution in [0.3, 0.4) is 0 Å². The van der Waals surface area contributed by atoms with Crippen molar-refractivity contribution < 1.29 is 46.5 Å². The molecule has 17 heteroatoms. The Balaban J connectivity index is 1.37. The topological polar surface area (TPSA) is 168 Å². The van der Waals surface area contributed by atoms with Gasteiger partial charge in [-0.25, -0.2) is 27.1 Å². The summed E-state index contributed by atoms with van der Waals surface area (Å²) in [7, 11) is -0.299. The van der Waals surface area contributed by atoms with Crippen LogP contribution in [-0.2, 0) is 26.0 Å². The highest BCUT2D eigenvalue weighted by molar-refractivity contribution is 9.10. The average molecular weight is 855 g/mol. The van der Waals surface area contributed by atoms with E-state index in [9.17, 15) is 18.3 Å².